The van der Waals surface area contributed by atoms with E-state index in [1.54, 1.807) is 6.07 Å². The van der Waals surface area contributed by atoms with Gasteiger partial charge in [-0.3, -0.25) is 0 Å². The van der Waals surface area contributed by atoms with Gasteiger partial charge in [0.25, 0.3) is 0 Å². The van der Waals surface area contributed by atoms with Crippen molar-refractivity contribution in [3.8, 4) is 6.07 Å². The van der Waals surface area contributed by atoms with E-state index in [4.69, 9.17) is 5.26 Å². The summed E-state index contributed by atoms with van der Waals surface area (Å²) in [6.45, 7) is 5.17. The van der Waals surface area contributed by atoms with E-state index in [0.29, 0.717) is 17.4 Å². The lowest BCUT2D eigenvalue weighted by molar-refractivity contribution is 0.222. The molecule has 2 rings (SSSR count). The molecule has 2 heterocycles. The largest absolute Gasteiger partial charge is 0.359 e. The van der Waals surface area contributed by atoms with Gasteiger partial charge in [-0.15, -0.1) is 0 Å². The zero-order valence-electron chi connectivity index (χ0n) is 11.9. The van der Waals surface area contributed by atoms with Crippen molar-refractivity contribution in [1.82, 2.24) is 14.9 Å². The summed E-state index contributed by atoms with van der Waals surface area (Å²) in [5, 5.41) is 8.95. The molecule has 0 atom stereocenters. The Hall–Kier alpha value is -1.67. The Morgan fingerprint density at radius 1 is 1.42 bits per heavy atom. The van der Waals surface area contributed by atoms with Crippen LogP contribution < -0.4 is 4.90 Å². The molecule has 0 radical (unpaired) electrons. The first-order valence-corrected chi connectivity index (χ1v) is 6.74. The Kier molecular flexibility index (Phi) is 4.33. The number of nitrogens with zero attached hydrogens (tertiary/aromatic N) is 5. The highest BCUT2D eigenvalue weighted by molar-refractivity contribution is 5.42. The van der Waals surface area contributed by atoms with E-state index >= 15 is 0 Å². The highest BCUT2D eigenvalue weighted by Crippen LogP contribution is 2.19. The van der Waals surface area contributed by atoms with Crippen molar-refractivity contribution in [2.24, 2.45) is 5.92 Å². The molecule has 0 bridgehead atoms. The van der Waals surface area contributed by atoms with Gasteiger partial charge in [0.2, 0.25) is 0 Å². The number of likely N-dealkylation sites (tertiary alicyclic amines) is 1. The van der Waals surface area contributed by atoms with E-state index in [1.807, 2.05) is 14.0 Å². The summed E-state index contributed by atoms with van der Waals surface area (Å²) >= 11 is 0. The molecule has 1 aliphatic rings. The molecule has 1 aromatic rings. The van der Waals surface area contributed by atoms with Gasteiger partial charge in [0.1, 0.15) is 23.4 Å². The quantitative estimate of drug-likeness (QED) is 0.822. The number of aromatic nitrogens is 2. The summed E-state index contributed by atoms with van der Waals surface area (Å²) in [5.74, 6) is 2.22. The second-order valence-electron chi connectivity index (χ2n) is 5.40. The van der Waals surface area contributed by atoms with E-state index in [1.165, 1.54) is 25.9 Å². The van der Waals surface area contributed by atoms with Crippen LogP contribution in [0.25, 0.3) is 0 Å². The average Bonchev–Trinajstić information content (AvgIpc) is 2.40. The molecule has 0 saturated carbocycles. The topological polar surface area (TPSA) is 56.1 Å². The second-order valence-corrected chi connectivity index (χ2v) is 5.40. The molecule has 19 heavy (non-hydrogen) atoms. The predicted octanol–water partition coefficient (Wildman–Crippen LogP) is 1.43. The van der Waals surface area contributed by atoms with Crippen molar-refractivity contribution in [2.45, 2.75) is 19.8 Å². The predicted molar refractivity (Wildman–Crippen MR) is 75.0 cm³/mol. The van der Waals surface area contributed by atoms with Crippen molar-refractivity contribution in [2.75, 3.05) is 38.6 Å². The van der Waals surface area contributed by atoms with Crippen LogP contribution in [-0.2, 0) is 0 Å². The molecule has 0 unspecified atom stereocenters. The molecule has 1 fully saturated rings. The maximum Gasteiger partial charge on any atom is 0.146 e. The lowest BCUT2D eigenvalue weighted by Gasteiger charge is -2.32. The monoisotopic (exact) mass is 259 g/mol. The van der Waals surface area contributed by atoms with E-state index in [0.717, 1.165) is 12.4 Å². The molecule has 0 aromatic carbocycles. The van der Waals surface area contributed by atoms with E-state index < -0.39 is 0 Å². The molecule has 5 nitrogen and oxygen atoms in total. The summed E-state index contributed by atoms with van der Waals surface area (Å²) in [6, 6.07) is 3.85. The molecule has 0 aliphatic carbocycles. The molecule has 0 amide bonds. The summed E-state index contributed by atoms with van der Waals surface area (Å²) in [7, 11) is 4.22. The SMILES string of the molecule is Cc1nc(C#N)cc(N(C)CC2CCN(C)CC2)n1. The third kappa shape index (κ3) is 3.65. The number of anilines is 1. The number of nitriles is 1. The van der Waals surface area contributed by atoms with Crippen LogP contribution in [0.4, 0.5) is 5.82 Å². The molecule has 1 aromatic heterocycles. The summed E-state index contributed by atoms with van der Waals surface area (Å²) < 4.78 is 0. The third-order valence-corrected chi connectivity index (χ3v) is 3.70. The van der Waals surface area contributed by atoms with Crippen molar-refractivity contribution in [3.63, 3.8) is 0 Å². The molecular weight excluding hydrogens is 238 g/mol. The number of rotatable bonds is 3. The molecule has 102 valence electrons. The lowest BCUT2D eigenvalue weighted by atomic mass is 9.97. The van der Waals surface area contributed by atoms with Crippen LogP contribution in [0.2, 0.25) is 0 Å². The van der Waals surface area contributed by atoms with Crippen LogP contribution in [0.3, 0.4) is 0 Å². The van der Waals surface area contributed by atoms with Gasteiger partial charge < -0.3 is 9.80 Å². The lowest BCUT2D eigenvalue weighted by Crippen LogP contribution is -2.36. The second kappa shape index (κ2) is 5.98. The first-order valence-electron chi connectivity index (χ1n) is 6.74. The summed E-state index contributed by atoms with van der Waals surface area (Å²) in [4.78, 5) is 13.0. The molecule has 0 spiro atoms. The van der Waals surface area contributed by atoms with Gasteiger partial charge in [0.15, 0.2) is 0 Å². The minimum atomic E-state index is 0.442. The zero-order chi connectivity index (χ0) is 13.8. The van der Waals surface area contributed by atoms with Crippen molar-refractivity contribution >= 4 is 5.82 Å². The van der Waals surface area contributed by atoms with Gasteiger partial charge in [-0.1, -0.05) is 0 Å². The Morgan fingerprint density at radius 2 is 2.11 bits per heavy atom. The van der Waals surface area contributed by atoms with Gasteiger partial charge in [-0.2, -0.15) is 5.26 Å². The maximum absolute atomic E-state index is 8.95. The van der Waals surface area contributed by atoms with Gasteiger partial charge >= 0.3 is 0 Å². The van der Waals surface area contributed by atoms with Crippen LogP contribution >= 0.6 is 0 Å². The van der Waals surface area contributed by atoms with Gasteiger partial charge in [-0.25, -0.2) is 9.97 Å². The van der Waals surface area contributed by atoms with Crippen LogP contribution in [-0.4, -0.2) is 48.6 Å². The maximum atomic E-state index is 8.95. The molecular formula is C14H21N5. The van der Waals surface area contributed by atoms with Crippen LogP contribution in [0.5, 0.6) is 0 Å². The highest BCUT2D eigenvalue weighted by Gasteiger charge is 2.19. The van der Waals surface area contributed by atoms with E-state index in [9.17, 15) is 0 Å². The number of hydrogen-bond donors (Lipinski definition) is 0. The van der Waals surface area contributed by atoms with Crippen molar-refractivity contribution < 1.29 is 0 Å². The van der Waals surface area contributed by atoms with Gasteiger partial charge in [-0.05, 0) is 45.8 Å². The number of piperidine rings is 1. The van der Waals surface area contributed by atoms with Crippen LogP contribution in [0, 0.1) is 24.2 Å². The molecule has 1 aliphatic heterocycles. The van der Waals surface area contributed by atoms with Crippen LogP contribution in [0.1, 0.15) is 24.4 Å². The normalized spacial score (nSPS) is 17.2. The minimum Gasteiger partial charge on any atom is -0.359 e. The Morgan fingerprint density at radius 3 is 2.74 bits per heavy atom. The Bertz CT molecular complexity index is 471. The fraction of sp³-hybridized carbons (Fsp3) is 0.643. The standard InChI is InChI=1S/C14H21N5/c1-11-16-13(9-15)8-14(17-11)19(3)10-12-4-6-18(2)7-5-12/h8,12H,4-7,10H2,1-3H3. The number of aryl methyl sites for hydroxylation is 1. The zero-order valence-corrected chi connectivity index (χ0v) is 11.9. The fourth-order valence-corrected chi connectivity index (χ4v) is 2.53. The minimum absolute atomic E-state index is 0.442. The molecule has 1 saturated heterocycles. The van der Waals surface area contributed by atoms with Crippen LogP contribution in [0.15, 0.2) is 6.07 Å². The van der Waals surface area contributed by atoms with Gasteiger partial charge in [0.05, 0.1) is 0 Å². The highest BCUT2D eigenvalue weighted by atomic mass is 15.2. The van der Waals surface area contributed by atoms with Crippen molar-refractivity contribution in [3.05, 3.63) is 17.6 Å². The average molecular weight is 259 g/mol. The Labute approximate surface area is 114 Å². The van der Waals surface area contributed by atoms with Gasteiger partial charge in [0, 0.05) is 19.7 Å². The smallest absolute Gasteiger partial charge is 0.146 e. The molecule has 5 heteroatoms. The molecule has 0 N–H and O–H groups in total. The number of hydrogen-bond acceptors (Lipinski definition) is 5. The van der Waals surface area contributed by atoms with Crippen molar-refractivity contribution in [1.29, 1.82) is 5.26 Å². The first-order chi connectivity index (χ1) is 9.08. The summed E-state index contributed by atoms with van der Waals surface area (Å²) in [5.41, 5.74) is 0.442. The third-order valence-electron chi connectivity index (χ3n) is 3.70. The Balaban J connectivity index is 2.01. The fourth-order valence-electron chi connectivity index (χ4n) is 2.53. The summed E-state index contributed by atoms with van der Waals surface area (Å²) in [6.07, 6.45) is 2.46. The first kappa shape index (κ1) is 13.8. The van der Waals surface area contributed by atoms with E-state index in [2.05, 4.69) is 32.9 Å². The van der Waals surface area contributed by atoms with E-state index in [-0.39, 0.29) is 0 Å².